The van der Waals surface area contributed by atoms with Crippen LogP contribution in [0.4, 0.5) is 0 Å². The molecule has 0 fully saturated rings. The highest BCUT2D eigenvalue weighted by Gasteiger charge is 2.53. The number of thiol groups is 1. The number of ether oxygens (including phenoxy) is 5. The van der Waals surface area contributed by atoms with Crippen molar-refractivity contribution in [1.29, 1.82) is 5.26 Å². The SMILES string of the molecule is COc1c(C)cc2c(c1O)[C@@H](N(C)C)[C@@H]1[C@H](C)c3c(OC(C)=O)c(C)c4c(c3[C@H](COC(=O)[C@@H](N)CS)N1[C@@H](C#N)C2)OCO4. The molecule has 0 aromatic heterocycles. The molecule has 12 nitrogen and oxygen atoms in total. The summed E-state index contributed by atoms with van der Waals surface area (Å²) in [6.45, 7) is 6.75. The highest BCUT2D eigenvalue weighted by Crippen LogP contribution is 2.59. The fraction of sp³-hybridized carbons (Fsp3) is 0.531. The first-order chi connectivity index (χ1) is 21.4. The Morgan fingerprint density at radius 2 is 1.91 bits per heavy atom. The van der Waals surface area contributed by atoms with Crippen molar-refractivity contribution in [3.63, 3.8) is 0 Å². The molecule has 0 saturated heterocycles. The third-order valence-corrected chi connectivity index (χ3v) is 9.47. The Morgan fingerprint density at radius 1 is 1.22 bits per heavy atom. The summed E-state index contributed by atoms with van der Waals surface area (Å²) < 4.78 is 29.3. The number of aromatic hydroxyl groups is 1. The largest absolute Gasteiger partial charge is 0.504 e. The monoisotopic (exact) mass is 640 g/mol. The Morgan fingerprint density at radius 3 is 2.51 bits per heavy atom. The summed E-state index contributed by atoms with van der Waals surface area (Å²) in [6.07, 6.45) is 0.274. The molecule has 2 aromatic carbocycles. The van der Waals surface area contributed by atoms with Crippen molar-refractivity contribution < 1.29 is 38.4 Å². The zero-order valence-corrected chi connectivity index (χ0v) is 27.4. The summed E-state index contributed by atoms with van der Waals surface area (Å²) in [4.78, 5) is 29.5. The Labute approximate surface area is 268 Å². The van der Waals surface area contributed by atoms with Gasteiger partial charge in [0.15, 0.2) is 23.0 Å². The van der Waals surface area contributed by atoms with Crippen molar-refractivity contribution in [2.75, 3.05) is 40.4 Å². The Balaban J connectivity index is 1.84. The van der Waals surface area contributed by atoms with E-state index in [9.17, 15) is 20.0 Å². The maximum atomic E-state index is 12.9. The van der Waals surface area contributed by atoms with Gasteiger partial charge >= 0.3 is 11.9 Å². The minimum absolute atomic E-state index is 0.00699. The topological polar surface area (TPSA) is 157 Å². The van der Waals surface area contributed by atoms with Crippen molar-refractivity contribution in [3.05, 3.63) is 39.4 Å². The van der Waals surface area contributed by atoms with E-state index in [1.807, 2.05) is 43.8 Å². The zero-order valence-electron chi connectivity index (χ0n) is 26.5. The summed E-state index contributed by atoms with van der Waals surface area (Å²) in [5, 5.41) is 22.5. The Hall–Kier alpha value is -3.70. The van der Waals surface area contributed by atoms with Crippen LogP contribution >= 0.6 is 12.6 Å². The number of benzene rings is 2. The number of hydrogen-bond acceptors (Lipinski definition) is 13. The number of nitriles is 1. The third kappa shape index (κ3) is 5.33. The van der Waals surface area contributed by atoms with Gasteiger partial charge in [0.1, 0.15) is 24.4 Å². The maximum Gasteiger partial charge on any atom is 0.323 e. The van der Waals surface area contributed by atoms with E-state index in [0.29, 0.717) is 45.3 Å². The van der Waals surface area contributed by atoms with E-state index in [1.54, 1.807) is 6.92 Å². The van der Waals surface area contributed by atoms with Crippen molar-refractivity contribution in [3.8, 4) is 34.8 Å². The van der Waals surface area contributed by atoms with Crippen LogP contribution in [0.25, 0.3) is 0 Å². The highest BCUT2D eigenvalue weighted by molar-refractivity contribution is 7.80. The molecular formula is C32H40N4O8S. The number of carbonyl (C=O) groups excluding carboxylic acids is 2. The number of likely N-dealkylation sites (N-methyl/N-ethyl adjacent to an activating group) is 1. The maximum absolute atomic E-state index is 12.9. The molecule has 0 spiro atoms. The van der Waals surface area contributed by atoms with Crippen LogP contribution in [0.15, 0.2) is 6.07 Å². The summed E-state index contributed by atoms with van der Waals surface area (Å²) >= 11 is 4.15. The molecule has 3 heterocycles. The van der Waals surface area contributed by atoms with Crippen LogP contribution in [-0.2, 0) is 20.7 Å². The van der Waals surface area contributed by atoms with Gasteiger partial charge in [0.05, 0.1) is 25.3 Å². The number of nitrogens with two attached hydrogens (primary N) is 1. The number of hydrogen-bond donors (Lipinski definition) is 3. The first-order valence-corrected chi connectivity index (χ1v) is 15.4. The average molecular weight is 641 g/mol. The standard InChI is InChI=1S/C32H40N4O8S/c1-14-8-18-9-19(10-33)36-21(11-41-32(39)20(34)12-45)24-22(29(44-17(4)37)16(3)30-31(24)43-13-42-30)15(2)25(36)26(35(5)6)23(18)27(38)28(14)40-7/h8,15,19-21,25-26,38,45H,9,11-13,34H2,1-7H3/t15-,19-,20+,21+,25+,26-/m1/s1. The van der Waals surface area contributed by atoms with Gasteiger partial charge in [-0.15, -0.1) is 0 Å². The molecule has 13 heteroatoms. The predicted molar refractivity (Wildman–Crippen MR) is 167 cm³/mol. The van der Waals surface area contributed by atoms with Crippen molar-refractivity contribution in [1.82, 2.24) is 9.80 Å². The number of fused-ring (bicyclic) bond motifs is 5. The van der Waals surface area contributed by atoms with Crippen LogP contribution in [-0.4, -0.2) is 85.3 Å². The van der Waals surface area contributed by atoms with Gasteiger partial charge < -0.3 is 39.4 Å². The second-order valence-corrected chi connectivity index (χ2v) is 12.4. The van der Waals surface area contributed by atoms with Crippen molar-refractivity contribution in [2.24, 2.45) is 5.73 Å². The normalized spacial score (nSPS) is 24.1. The van der Waals surface area contributed by atoms with Gasteiger partial charge in [-0.1, -0.05) is 13.0 Å². The molecule has 0 bridgehead atoms. The summed E-state index contributed by atoms with van der Waals surface area (Å²) in [5.74, 6) is 0.108. The minimum Gasteiger partial charge on any atom is -0.504 e. The molecule has 3 aliphatic rings. The van der Waals surface area contributed by atoms with Crippen LogP contribution in [0.3, 0.4) is 0 Å². The van der Waals surface area contributed by atoms with E-state index in [0.717, 1.165) is 11.1 Å². The Bertz CT molecular complexity index is 1570. The smallest absolute Gasteiger partial charge is 0.323 e. The van der Waals surface area contributed by atoms with Crippen LogP contribution < -0.4 is 24.7 Å². The molecule has 5 rings (SSSR count). The van der Waals surface area contributed by atoms with E-state index in [4.69, 9.17) is 29.4 Å². The van der Waals surface area contributed by atoms with Gasteiger partial charge in [-0.3, -0.25) is 14.5 Å². The lowest BCUT2D eigenvalue weighted by Crippen LogP contribution is -2.56. The molecule has 6 atom stereocenters. The Kier molecular flexibility index (Phi) is 9.15. The van der Waals surface area contributed by atoms with Gasteiger partial charge in [0, 0.05) is 53.3 Å². The average Bonchev–Trinajstić information content (AvgIpc) is 3.43. The quantitative estimate of drug-likeness (QED) is 0.231. The second-order valence-electron chi connectivity index (χ2n) is 12.0. The second kappa shape index (κ2) is 12.6. The van der Waals surface area contributed by atoms with E-state index in [1.165, 1.54) is 14.0 Å². The molecule has 45 heavy (non-hydrogen) atoms. The number of phenols is 1. The fourth-order valence-electron chi connectivity index (χ4n) is 7.31. The molecule has 242 valence electrons. The molecule has 0 aliphatic carbocycles. The lowest BCUT2D eigenvalue weighted by molar-refractivity contribution is -0.147. The molecular weight excluding hydrogens is 600 g/mol. The molecule has 0 saturated carbocycles. The van der Waals surface area contributed by atoms with E-state index >= 15 is 0 Å². The molecule has 2 aromatic rings. The van der Waals surface area contributed by atoms with Crippen LogP contribution in [0.5, 0.6) is 28.7 Å². The molecule has 3 N–H and O–H groups in total. The molecule has 0 unspecified atom stereocenters. The van der Waals surface area contributed by atoms with Gasteiger partial charge in [0.2, 0.25) is 6.79 Å². The summed E-state index contributed by atoms with van der Waals surface area (Å²) in [6, 6.07) is 1.06. The van der Waals surface area contributed by atoms with Crippen molar-refractivity contribution >= 4 is 24.6 Å². The number of carbonyl (C=O) groups is 2. The summed E-state index contributed by atoms with van der Waals surface area (Å²) in [5.41, 5.74) is 10.0. The van der Waals surface area contributed by atoms with Crippen LogP contribution in [0, 0.1) is 25.2 Å². The first kappa shape index (κ1) is 32.7. The first-order valence-electron chi connectivity index (χ1n) is 14.8. The van der Waals surface area contributed by atoms with Gasteiger partial charge in [-0.25, -0.2) is 0 Å². The van der Waals surface area contributed by atoms with E-state index in [-0.39, 0.29) is 31.3 Å². The minimum atomic E-state index is -0.951. The third-order valence-electron chi connectivity index (χ3n) is 9.07. The number of methoxy groups -OCH3 is 1. The van der Waals surface area contributed by atoms with Gasteiger partial charge in [-0.2, -0.15) is 17.9 Å². The highest BCUT2D eigenvalue weighted by atomic mass is 32.1. The zero-order chi connectivity index (χ0) is 32.9. The number of nitrogens with zero attached hydrogens (tertiary/aromatic N) is 3. The lowest BCUT2D eigenvalue weighted by atomic mass is 9.74. The van der Waals surface area contributed by atoms with E-state index < -0.39 is 48.1 Å². The summed E-state index contributed by atoms with van der Waals surface area (Å²) in [7, 11) is 5.33. The van der Waals surface area contributed by atoms with Gasteiger partial charge in [0.25, 0.3) is 0 Å². The van der Waals surface area contributed by atoms with Crippen LogP contribution in [0.1, 0.15) is 65.2 Å². The number of rotatable bonds is 7. The molecule has 0 amide bonds. The fourth-order valence-corrected chi connectivity index (χ4v) is 7.46. The van der Waals surface area contributed by atoms with Gasteiger partial charge in [-0.05, 0) is 39.1 Å². The van der Waals surface area contributed by atoms with Crippen molar-refractivity contribution in [2.45, 2.75) is 70.2 Å². The number of aryl methyl sites for hydroxylation is 1. The number of esters is 2. The van der Waals surface area contributed by atoms with Crippen LogP contribution in [0.2, 0.25) is 0 Å². The van der Waals surface area contributed by atoms with E-state index in [2.05, 4.69) is 18.7 Å². The lowest BCUT2D eigenvalue weighted by Gasteiger charge is -2.51. The predicted octanol–water partition coefficient (Wildman–Crippen LogP) is 3.05. The number of phenolic OH excluding ortho intramolecular Hbond substituents is 1. The molecule has 3 aliphatic heterocycles. The molecule has 0 radical (unpaired) electrons.